The van der Waals surface area contributed by atoms with Crippen molar-refractivity contribution in [1.82, 2.24) is 0 Å². The fourth-order valence-corrected chi connectivity index (χ4v) is 1.77. The lowest BCUT2D eigenvalue weighted by atomic mass is 9.99. The summed E-state index contributed by atoms with van der Waals surface area (Å²) < 4.78 is 5.61. The van der Waals surface area contributed by atoms with Gasteiger partial charge in [-0.3, -0.25) is 4.79 Å². The summed E-state index contributed by atoms with van der Waals surface area (Å²) in [5.74, 6) is 0.340. The van der Waals surface area contributed by atoms with E-state index in [0.29, 0.717) is 31.8 Å². The summed E-state index contributed by atoms with van der Waals surface area (Å²) in [4.78, 5) is 11.0. The first-order chi connectivity index (χ1) is 7.84. The molecule has 1 aliphatic rings. The quantitative estimate of drug-likeness (QED) is 0.723. The molecule has 1 aliphatic carbocycles. The predicted octanol–water partition coefficient (Wildman–Crippen LogP) is 2.88. The van der Waals surface area contributed by atoms with Crippen LogP contribution in [0.4, 0.5) is 0 Å². The van der Waals surface area contributed by atoms with Crippen LogP contribution in [0.3, 0.4) is 0 Å². The van der Waals surface area contributed by atoms with Crippen molar-refractivity contribution in [3.8, 4) is 0 Å². The molecule has 84 valence electrons. The van der Waals surface area contributed by atoms with Gasteiger partial charge in [-0.2, -0.15) is 0 Å². The van der Waals surface area contributed by atoms with Gasteiger partial charge in [-0.15, -0.1) is 0 Å². The predicted molar refractivity (Wildman–Crippen MR) is 63.0 cm³/mol. The van der Waals surface area contributed by atoms with Crippen molar-refractivity contribution >= 4 is 5.78 Å². The molecule has 16 heavy (non-hydrogen) atoms. The van der Waals surface area contributed by atoms with E-state index < -0.39 is 0 Å². The Morgan fingerprint density at radius 1 is 1.06 bits per heavy atom. The van der Waals surface area contributed by atoms with E-state index in [1.165, 1.54) is 11.1 Å². The second kappa shape index (κ2) is 5.61. The van der Waals surface area contributed by atoms with E-state index in [0.717, 1.165) is 6.42 Å². The third kappa shape index (κ3) is 3.31. The Morgan fingerprint density at radius 3 is 2.56 bits per heavy atom. The highest BCUT2D eigenvalue weighted by atomic mass is 16.5. The molecule has 0 heterocycles. The number of Topliss-reactive ketones (excluding diaryl/α,β-unsaturated/α-hetero) is 1. The second-order valence-corrected chi connectivity index (χ2v) is 4.08. The lowest BCUT2D eigenvalue weighted by Gasteiger charge is -2.12. The highest BCUT2D eigenvalue weighted by molar-refractivity contribution is 5.81. The van der Waals surface area contributed by atoms with Crippen molar-refractivity contribution < 1.29 is 9.53 Å². The molecular formula is C14H16O2. The zero-order valence-electron chi connectivity index (χ0n) is 9.32. The fraction of sp³-hybridized carbons (Fsp3) is 0.357. The minimum atomic E-state index is 0.340. The Bertz CT molecular complexity index is 379. The van der Waals surface area contributed by atoms with Gasteiger partial charge in [0.05, 0.1) is 13.2 Å². The van der Waals surface area contributed by atoms with Gasteiger partial charge in [0.25, 0.3) is 0 Å². The van der Waals surface area contributed by atoms with Gasteiger partial charge in [-0.05, 0) is 17.6 Å². The number of ketones is 1. The third-order valence-corrected chi connectivity index (χ3v) is 2.74. The van der Waals surface area contributed by atoms with E-state index in [2.05, 4.69) is 12.1 Å². The zero-order valence-corrected chi connectivity index (χ0v) is 9.32. The summed E-state index contributed by atoms with van der Waals surface area (Å²) in [5.41, 5.74) is 2.45. The van der Waals surface area contributed by atoms with E-state index in [1.807, 2.05) is 24.3 Å². The summed E-state index contributed by atoms with van der Waals surface area (Å²) in [6.45, 7) is 1.30. The lowest BCUT2D eigenvalue weighted by Crippen LogP contribution is -2.07. The fourth-order valence-electron chi connectivity index (χ4n) is 1.77. The van der Waals surface area contributed by atoms with Crippen LogP contribution in [0.5, 0.6) is 0 Å². The molecule has 0 saturated carbocycles. The van der Waals surface area contributed by atoms with E-state index >= 15 is 0 Å². The molecule has 0 bridgehead atoms. The number of benzene rings is 1. The monoisotopic (exact) mass is 216 g/mol. The topological polar surface area (TPSA) is 26.3 Å². The molecule has 0 aromatic heterocycles. The lowest BCUT2D eigenvalue weighted by molar-refractivity contribution is -0.118. The molecule has 0 radical (unpaired) electrons. The van der Waals surface area contributed by atoms with E-state index in [9.17, 15) is 4.79 Å². The van der Waals surface area contributed by atoms with E-state index in [4.69, 9.17) is 4.74 Å². The normalized spacial score (nSPS) is 16.0. The molecule has 2 heteroatoms. The number of carbonyl (C=O) groups is 1. The summed E-state index contributed by atoms with van der Waals surface area (Å²) in [6, 6.07) is 10.1. The van der Waals surface area contributed by atoms with E-state index in [-0.39, 0.29) is 0 Å². The number of rotatable bonds is 4. The molecule has 0 unspecified atom stereocenters. The maximum Gasteiger partial charge on any atom is 0.136 e. The van der Waals surface area contributed by atoms with Crippen molar-refractivity contribution in [2.45, 2.75) is 25.9 Å². The van der Waals surface area contributed by atoms with Crippen molar-refractivity contribution in [1.29, 1.82) is 0 Å². The molecule has 1 aromatic carbocycles. The van der Waals surface area contributed by atoms with Gasteiger partial charge in [0, 0.05) is 12.8 Å². The van der Waals surface area contributed by atoms with Gasteiger partial charge in [0.2, 0.25) is 0 Å². The Labute approximate surface area is 95.9 Å². The van der Waals surface area contributed by atoms with Crippen LogP contribution in [0.2, 0.25) is 0 Å². The van der Waals surface area contributed by atoms with Crippen LogP contribution in [0.25, 0.3) is 0 Å². The molecule has 2 rings (SSSR count). The molecule has 0 amide bonds. The van der Waals surface area contributed by atoms with Gasteiger partial charge in [0.15, 0.2) is 0 Å². The molecule has 0 atom stereocenters. The van der Waals surface area contributed by atoms with E-state index in [1.54, 1.807) is 0 Å². The Balaban J connectivity index is 1.74. The summed E-state index contributed by atoms with van der Waals surface area (Å²) in [6.07, 6.45) is 4.15. The molecule has 0 aliphatic heterocycles. The van der Waals surface area contributed by atoms with Gasteiger partial charge in [-0.25, -0.2) is 0 Å². The zero-order chi connectivity index (χ0) is 11.2. The van der Waals surface area contributed by atoms with Crippen LogP contribution < -0.4 is 0 Å². The van der Waals surface area contributed by atoms with Crippen LogP contribution >= 0.6 is 0 Å². The first-order valence-corrected chi connectivity index (χ1v) is 5.66. The summed E-state index contributed by atoms with van der Waals surface area (Å²) >= 11 is 0. The Hall–Kier alpha value is -1.41. The van der Waals surface area contributed by atoms with Crippen molar-refractivity contribution in [3.63, 3.8) is 0 Å². The number of hydrogen-bond donors (Lipinski definition) is 0. The van der Waals surface area contributed by atoms with Gasteiger partial charge < -0.3 is 4.74 Å². The SMILES string of the molecule is O=C1CC=C(COCc2ccccc2)CC1. The van der Waals surface area contributed by atoms with Crippen LogP contribution in [0.1, 0.15) is 24.8 Å². The largest absolute Gasteiger partial charge is 0.372 e. The molecule has 0 spiro atoms. The van der Waals surface area contributed by atoms with Crippen LogP contribution in [0, 0.1) is 0 Å². The van der Waals surface area contributed by atoms with Crippen LogP contribution in [-0.4, -0.2) is 12.4 Å². The molecule has 2 nitrogen and oxygen atoms in total. The average molecular weight is 216 g/mol. The Kier molecular flexibility index (Phi) is 3.89. The van der Waals surface area contributed by atoms with Gasteiger partial charge >= 0.3 is 0 Å². The van der Waals surface area contributed by atoms with Crippen molar-refractivity contribution in [2.24, 2.45) is 0 Å². The second-order valence-electron chi connectivity index (χ2n) is 4.08. The number of allylic oxidation sites excluding steroid dienone is 1. The van der Waals surface area contributed by atoms with Crippen LogP contribution in [0.15, 0.2) is 42.0 Å². The highest BCUT2D eigenvalue weighted by Gasteiger charge is 2.09. The minimum Gasteiger partial charge on any atom is -0.372 e. The smallest absolute Gasteiger partial charge is 0.136 e. The summed E-state index contributed by atoms with van der Waals surface area (Å²) in [5, 5.41) is 0. The third-order valence-electron chi connectivity index (χ3n) is 2.74. The minimum absolute atomic E-state index is 0.340. The Morgan fingerprint density at radius 2 is 1.88 bits per heavy atom. The molecule has 0 N–H and O–H groups in total. The maximum absolute atomic E-state index is 11.0. The van der Waals surface area contributed by atoms with Crippen molar-refractivity contribution in [3.05, 3.63) is 47.5 Å². The maximum atomic E-state index is 11.0. The number of carbonyl (C=O) groups excluding carboxylic acids is 1. The average Bonchev–Trinajstić information content (AvgIpc) is 2.33. The van der Waals surface area contributed by atoms with Crippen molar-refractivity contribution in [2.75, 3.05) is 6.61 Å². The number of ether oxygens (including phenoxy) is 1. The summed E-state index contributed by atoms with van der Waals surface area (Å²) in [7, 11) is 0. The van der Waals surface area contributed by atoms with Gasteiger partial charge in [0.1, 0.15) is 5.78 Å². The standard InChI is InChI=1S/C14H16O2/c15-14-8-6-13(7-9-14)11-16-10-12-4-2-1-3-5-12/h1-6H,7-11H2. The van der Waals surface area contributed by atoms with Crippen LogP contribution in [-0.2, 0) is 16.1 Å². The first kappa shape index (κ1) is 11.1. The first-order valence-electron chi connectivity index (χ1n) is 5.66. The molecule has 0 fully saturated rings. The number of hydrogen-bond acceptors (Lipinski definition) is 2. The molecule has 0 saturated heterocycles. The molecule has 1 aromatic rings. The highest BCUT2D eigenvalue weighted by Crippen LogP contribution is 2.15. The molecular weight excluding hydrogens is 200 g/mol. The van der Waals surface area contributed by atoms with Gasteiger partial charge in [-0.1, -0.05) is 36.4 Å².